The molecule has 1 aromatic rings. The molecule has 1 unspecified atom stereocenters. The van der Waals surface area contributed by atoms with Crippen molar-refractivity contribution in [3.8, 4) is 6.07 Å². The number of nitriles is 1. The molecule has 1 atom stereocenters. The third-order valence-electron chi connectivity index (χ3n) is 3.22. The van der Waals surface area contributed by atoms with Crippen LogP contribution in [0.4, 0.5) is 0 Å². The molecule has 0 aromatic carbocycles. The van der Waals surface area contributed by atoms with Gasteiger partial charge in [0, 0.05) is 5.75 Å². The lowest BCUT2D eigenvalue weighted by molar-refractivity contribution is 0.426. The number of tetrazole rings is 1. The number of hydrogen-bond acceptors (Lipinski definition) is 6. The van der Waals surface area contributed by atoms with E-state index < -0.39 is 5.54 Å². The summed E-state index contributed by atoms with van der Waals surface area (Å²) in [5.41, 5.74) is -0.419. The van der Waals surface area contributed by atoms with Gasteiger partial charge in [0.05, 0.1) is 12.1 Å². The highest BCUT2D eigenvalue weighted by Crippen LogP contribution is 2.36. The molecule has 1 fully saturated rings. The van der Waals surface area contributed by atoms with Gasteiger partial charge in [0.15, 0.2) is 0 Å². The number of thioether (sulfide) groups is 1. The Morgan fingerprint density at radius 2 is 2.37 bits per heavy atom. The molecule has 2 rings (SSSR count). The minimum atomic E-state index is -0.419. The zero-order valence-electron chi connectivity index (χ0n) is 11.5. The van der Waals surface area contributed by atoms with Crippen molar-refractivity contribution in [2.75, 3.05) is 12.3 Å². The second kappa shape index (κ2) is 6.35. The first-order valence-electron chi connectivity index (χ1n) is 6.75. The summed E-state index contributed by atoms with van der Waals surface area (Å²) in [6, 6.07) is 2.86. The average molecular weight is 280 g/mol. The summed E-state index contributed by atoms with van der Waals surface area (Å²) in [4.78, 5) is 0. The van der Waals surface area contributed by atoms with Crippen molar-refractivity contribution < 1.29 is 0 Å². The Morgan fingerprint density at radius 1 is 1.58 bits per heavy atom. The lowest BCUT2D eigenvalue weighted by Crippen LogP contribution is -2.40. The molecule has 19 heavy (non-hydrogen) atoms. The highest BCUT2D eigenvalue weighted by atomic mass is 32.2. The van der Waals surface area contributed by atoms with Crippen LogP contribution in [-0.2, 0) is 0 Å². The molecule has 1 N–H and O–H groups in total. The molecule has 1 aliphatic rings. The molecule has 1 aromatic heterocycles. The van der Waals surface area contributed by atoms with Gasteiger partial charge in [0.25, 0.3) is 0 Å². The topological polar surface area (TPSA) is 79.4 Å². The van der Waals surface area contributed by atoms with Gasteiger partial charge in [-0.15, -0.1) is 5.10 Å². The van der Waals surface area contributed by atoms with E-state index in [-0.39, 0.29) is 0 Å². The highest BCUT2D eigenvalue weighted by Gasteiger charge is 2.28. The Bertz CT molecular complexity index is 449. The summed E-state index contributed by atoms with van der Waals surface area (Å²) >= 11 is 1.68. The van der Waals surface area contributed by atoms with Crippen LogP contribution in [-0.4, -0.2) is 38.0 Å². The van der Waals surface area contributed by atoms with Crippen LogP contribution in [0.5, 0.6) is 0 Å². The minimum absolute atomic E-state index is 0.419. The van der Waals surface area contributed by atoms with E-state index in [0.29, 0.717) is 6.04 Å². The van der Waals surface area contributed by atoms with Crippen molar-refractivity contribution in [2.45, 2.75) is 56.3 Å². The van der Waals surface area contributed by atoms with Crippen LogP contribution >= 0.6 is 11.8 Å². The Labute approximate surface area is 117 Å². The summed E-state index contributed by atoms with van der Waals surface area (Å²) in [5.74, 6) is 0.940. The van der Waals surface area contributed by atoms with Crippen LogP contribution in [0.2, 0.25) is 0 Å². The molecule has 1 aliphatic carbocycles. The molecule has 6 nitrogen and oxygen atoms in total. The van der Waals surface area contributed by atoms with Crippen molar-refractivity contribution in [3.05, 3.63) is 0 Å². The molecule has 0 amide bonds. The molecular formula is C12H20N6S. The maximum Gasteiger partial charge on any atom is 0.209 e. The zero-order valence-corrected chi connectivity index (χ0v) is 12.3. The predicted octanol–water partition coefficient (Wildman–Crippen LogP) is 1.77. The molecule has 0 radical (unpaired) electrons. The number of nitrogens with one attached hydrogen (secondary N) is 1. The molecule has 0 bridgehead atoms. The van der Waals surface area contributed by atoms with Gasteiger partial charge in [-0.05, 0) is 49.6 Å². The van der Waals surface area contributed by atoms with Crippen LogP contribution < -0.4 is 5.32 Å². The summed E-state index contributed by atoms with van der Waals surface area (Å²) < 4.78 is 1.93. The molecule has 0 aliphatic heterocycles. The van der Waals surface area contributed by atoms with E-state index in [9.17, 15) is 0 Å². The van der Waals surface area contributed by atoms with Crippen molar-refractivity contribution in [1.29, 1.82) is 5.26 Å². The summed E-state index contributed by atoms with van der Waals surface area (Å²) in [5, 5.41) is 25.1. The van der Waals surface area contributed by atoms with E-state index >= 15 is 0 Å². The van der Waals surface area contributed by atoms with Crippen LogP contribution in [0.3, 0.4) is 0 Å². The van der Waals surface area contributed by atoms with Gasteiger partial charge >= 0.3 is 0 Å². The standard InChI is InChI=1S/C12H20N6S/c1-3-14-12(2,9-13)7-4-8-19-11-15-16-17-18(11)10-5-6-10/h10,14H,3-8H2,1-2H3. The van der Waals surface area contributed by atoms with Crippen LogP contribution in [0.15, 0.2) is 5.16 Å². The number of nitrogens with zero attached hydrogens (tertiary/aromatic N) is 5. The smallest absolute Gasteiger partial charge is 0.209 e. The van der Waals surface area contributed by atoms with Gasteiger partial charge in [-0.3, -0.25) is 5.32 Å². The summed E-state index contributed by atoms with van der Waals surface area (Å²) in [6.07, 6.45) is 4.19. The third kappa shape index (κ3) is 3.91. The van der Waals surface area contributed by atoms with Crippen molar-refractivity contribution in [1.82, 2.24) is 25.5 Å². The Balaban J connectivity index is 1.74. The number of rotatable bonds is 8. The van der Waals surface area contributed by atoms with Crippen molar-refractivity contribution in [3.63, 3.8) is 0 Å². The van der Waals surface area contributed by atoms with Gasteiger partial charge in [-0.25, -0.2) is 4.68 Å². The fourth-order valence-corrected chi connectivity index (χ4v) is 2.88. The Hall–Kier alpha value is -1.13. The first-order chi connectivity index (χ1) is 9.18. The predicted molar refractivity (Wildman–Crippen MR) is 73.7 cm³/mol. The second-order valence-corrected chi connectivity index (χ2v) is 6.13. The molecule has 1 saturated carbocycles. The van der Waals surface area contributed by atoms with Gasteiger partial charge in [0.2, 0.25) is 5.16 Å². The van der Waals surface area contributed by atoms with E-state index in [1.165, 1.54) is 12.8 Å². The third-order valence-corrected chi connectivity index (χ3v) is 4.24. The first-order valence-corrected chi connectivity index (χ1v) is 7.74. The van der Waals surface area contributed by atoms with Gasteiger partial charge in [-0.1, -0.05) is 18.7 Å². The maximum absolute atomic E-state index is 9.17. The van der Waals surface area contributed by atoms with E-state index in [1.54, 1.807) is 11.8 Å². The molecule has 1 heterocycles. The van der Waals surface area contributed by atoms with Crippen molar-refractivity contribution >= 4 is 11.8 Å². The first kappa shape index (κ1) is 14.3. The number of hydrogen-bond donors (Lipinski definition) is 1. The van der Waals surface area contributed by atoms with E-state index in [1.807, 2.05) is 18.5 Å². The number of aromatic nitrogens is 4. The van der Waals surface area contributed by atoms with Crippen LogP contribution in [0.1, 0.15) is 45.6 Å². The molecule has 0 spiro atoms. The molecule has 7 heteroatoms. The SMILES string of the molecule is CCNC(C)(C#N)CCCSc1nnnn1C1CC1. The molecular weight excluding hydrogens is 260 g/mol. The lowest BCUT2D eigenvalue weighted by Gasteiger charge is -2.22. The molecule has 104 valence electrons. The average Bonchev–Trinajstić information content (AvgIpc) is 3.15. The Morgan fingerprint density at radius 3 is 3.00 bits per heavy atom. The highest BCUT2D eigenvalue weighted by molar-refractivity contribution is 7.99. The molecule has 0 saturated heterocycles. The fraction of sp³-hybridized carbons (Fsp3) is 0.833. The van der Waals surface area contributed by atoms with E-state index in [2.05, 4.69) is 26.9 Å². The lowest BCUT2D eigenvalue weighted by atomic mass is 9.98. The monoisotopic (exact) mass is 280 g/mol. The minimum Gasteiger partial charge on any atom is -0.300 e. The second-order valence-electron chi connectivity index (χ2n) is 5.06. The zero-order chi connectivity index (χ0) is 13.7. The quantitative estimate of drug-likeness (QED) is 0.577. The van der Waals surface area contributed by atoms with Gasteiger partial charge < -0.3 is 0 Å². The fourth-order valence-electron chi connectivity index (χ4n) is 1.99. The van der Waals surface area contributed by atoms with Crippen molar-refractivity contribution in [2.24, 2.45) is 0 Å². The van der Waals surface area contributed by atoms with Gasteiger partial charge in [-0.2, -0.15) is 5.26 Å². The maximum atomic E-state index is 9.17. The van der Waals surface area contributed by atoms with E-state index in [0.717, 1.165) is 30.3 Å². The summed E-state index contributed by atoms with van der Waals surface area (Å²) in [7, 11) is 0. The van der Waals surface area contributed by atoms with Gasteiger partial charge in [0.1, 0.15) is 5.54 Å². The van der Waals surface area contributed by atoms with Crippen LogP contribution in [0, 0.1) is 11.3 Å². The van der Waals surface area contributed by atoms with Crippen LogP contribution in [0.25, 0.3) is 0 Å². The summed E-state index contributed by atoms with van der Waals surface area (Å²) in [6.45, 7) is 4.79. The normalized spacial score (nSPS) is 17.9. The van der Waals surface area contributed by atoms with E-state index in [4.69, 9.17) is 5.26 Å². The Kier molecular flexibility index (Phi) is 4.77. The largest absolute Gasteiger partial charge is 0.300 e.